The van der Waals surface area contributed by atoms with Crippen molar-refractivity contribution in [1.82, 2.24) is 9.62 Å². The molecule has 3 unspecified atom stereocenters. The summed E-state index contributed by atoms with van der Waals surface area (Å²) in [5, 5.41) is 3.30. The van der Waals surface area contributed by atoms with Gasteiger partial charge in [-0.05, 0) is 66.4 Å². The van der Waals surface area contributed by atoms with Gasteiger partial charge in [0.2, 0.25) is 10.0 Å². The molecule has 2 heterocycles. The fourth-order valence-corrected chi connectivity index (χ4v) is 6.51. The molecule has 0 radical (unpaired) electrons. The van der Waals surface area contributed by atoms with Crippen LogP contribution in [0, 0.1) is 12.8 Å². The van der Waals surface area contributed by atoms with E-state index in [-0.39, 0.29) is 12.1 Å². The third kappa shape index (κ3) is 2.22. The maximum atomic E-state index is 13.0. The van der Waals surface area contributed by atoms with Gasteiger partial charge < -0.3 is 5.32 Å². The molecule has 1 N–H and O–H groups in total. The molecule has 0 aliphatic carbocycles. The van der Waals surface area contributed by atoms with Crippen LogP contribution < -0.4 is 5.32 Å². The monoisotopic (exact) mass is 358 g/mol. The Morgan fingerprint density at radius 3 is 2.80 bits per heavy atom. The third-order valence-electron chi connectivity index (χ3n) is 4.35. The molecule has 2 saturated heterocycles. The van der Waals surface area contributed by atoms with Crippen LogP contribution in [-0.4, -0.2) is 37.9 Å². The third-order valence-corrected chi connectivity index (χ3v) is 7.37. The van der Waals surface area contributed by atoms with Gasteiger partial charge in [0, 0.05) is 23.1 Å². The molecule has 0 spiro atoms. The second-order valence-electron chi connectivity index (χ2n) is 5.84. The highest BCUT2D eigenvalue weighted by Crippen LogP contribution is 2.38. The number of hydrogen-bond donors (Lipinski definition) is 1. The predicted octanol–water partition coefficient (Wildman–Crippen LogP) is 2.13. The first kappa shape index (κ1) is 14.5. The number of benzene rings is 1. The van der Waals surface area contributed by atoms with Crippen molar-refractivity contribution in [3.8, 4) is 0 Å². The van der Waals surface area contributed by atoms with Gasteiger partial charge in [0.25, 0.3) is 0 Å². The Morgan fingerprint density at radius 2 is 2.10 bits per heavy atom. The first-order valence-electron chi connectivity index (χ1n) is 6.91. The summed E-state index contributed by atoms with van der Waals surface area (Å²) in [6.07, 6.45) is 0.945. The van der Waals surface area contributed by atoms with E-state index in [1.807, 2.05) is 26.0 Å². The first-order chi connectivity index (χ1) is 9.41. The van der Waals surface area contributed by atoms with Crippen molar-refractivity contribution in [2.24, 2.45) is 5.92 Å². The molecule has 1 aromatic carbocycles. The average Bonchev–Trinajstić information content (AvgIpc) is 2.87. The molecule has 2 aliphatic heterocycles. The Bertz CT molecular complexity index is 632. The highest BCUT2D eigenvalue weighted by molar-refractivity contribution is 9.10. The standard InChI is InChI=1S/C14H19BrN2O2S/c1-9-3-4-14(12(15)5-9)20(18,19)17-10(2)6-11-7-16-8-13(11)17/h3-5,10-11,13,16H,6-8H2,1-2H3. The molecule has 0 bridgehead atoms. The van der Waals surface area contributed by atoms with Crippen molar-refractivity contribution < 1.29 is 8.42 Å². The van der Waals surface area contributed by atoms with Crippen LogP contribution >= 0.6 is 15.9 Å². The Hall–Kier alpha value is -0.430. The molecule has 3 atom stereocenters. The molecule has 110 valence electrons. The average molecular weight is 359 g/mol. The summed E-state index contributed by atoms with van der Waals surface area (Å²) in [5.74, 6) is 0.448. The SMILES string of the molecule is Cc1ccc(S(=O)(=O)N2C(C)CC3CNCC32)c(Br)c1. The van der Waals surface area contributed by atoms with Gasteiger partial charge in [-0.2, -0.15) is 4.31 Å². The lowest BCUT2D eigenvalue weighted by Crippen LogP contribution is -2.42. The van der Waals surface area contributed by atoms with Gasteiger partial charge in [-0.1, -0.05) is 6.07 Å². The molecule has 1 aromatic rings. The van der Waals surface area contributed by atoms with E-state index in [2.05, 4.69) is 21.2 Å². The molecule has 2 aliphatic rings. The van der Waals surface area contributed by atoms with Gasteiger partial charge in [0.1, 0.15) is 0 Å². The first-order valence-corrected chi connectivity index (χ1v) is 9.15. The zero-order valence-corrected chi connectivity index (χ0v) is 14.0. The minimum atomic E-state index is -3.44. The Morgan fingerprint density at radius 1 is 1.35 bits per heavy atom. The smallest absolute Gasteiger partial charge is 0.244 e. The Kier molecular flexibility index (Phi) is 3.69. The second kappa shape index (κ2) is 5.09. The van der Waals surface area contributed by atoms with E-state index in [4.69, 9.17) is 0 Å². The lowest BCUT2D eigenvalue weighted by Gasteiger charge is -2.27. The van der Waals surface area contributed by atoms with Gasteiger partial charge in [-0.25, -0.2) is 8.42 Å². The van der Waals surface area contributed by atoms with Crippen molar-refractivity contribution in [2.45, 2.75) is 37.2 Å². The second-order valence-corrected chi connectivity index (χ2v) is 8.51. The maximum Gasteiger partial charge on any atom is 0.244 e. The largest absolute Gasteiger partial charge is 0.315 e. The quantitative estimate of drug-likeness (QED) is 0.880. The minimum Gasteiger partial charge on any atom is -0.315 e. The lowest BCUT2D eigenvalue weighted by molar-refractivity contribution is 0.335. The molecule has 2 fully saturated rings. The normalized spacial score (nSPS) is 30.6. The molecule has 0 aromatic heterocycles. The van der Waals surface area contributed by atoms with Crippen LogP contribution in [0.1, 0.15) is 18.9 Å². The summed E-state index contributed by atoms with van der Waals surface area (Å²) < 4.78 is 28.3. The zero-order valence-electron chi connectivity index (χ0n) is 11.6. The van der Waals surface area contributed by atoms with Crippen LogP contribution in [0.3, 0.4) is 0 Å². The molecular weight excluding hydrogens is 340 g/mol. The summed E-state index contributed by atoms with van der Waals surface area (Å²) in [6, 6.07) is 5.59. The van der Waals surface area contributed by atoms with E-state index in [1.165, 1.54) is 0 Å². The Balaban J connectivity index is 2.03. The van der Waals surface area contributed by atoms with E-state index in [1.54, 1.807) is 10.4 Å². The van der Waals surface area contributed by atoms with E-state index in [9.17, 15) is 8.42 Å². The van der Waals surface area contributed by atoms with Crippen molar-refractivity contribution in [3.05, 3.63) is 28.2 Å². The molecule has 3 rings (SSSR count). The van der Waals surface area contributed by atoms with Crippen LogP contribution in [0.5, 0.6) is 0 Å². The minimum absolute atomic E-state index is 0.0744. The summed E-state index contributed by atoms with van der Waals surface area (Å²) in [5.41, 5.74) is 1.05. The van der Waals surface area contributed by atoms with Gasteiger partial charge >= 0.3 is 0 Å². The van der Waals surface area contributed by atoms with E-state index in [0.29, 0.717) is 15.3 Å². The van der Waals surface area contributed by atoms with Gasteiger partial charge in [-0.3, -0.25) is 0 Å². The van der Waals surface area contributed by atoms with E-state index in [0.717, 1.165) is 25.1 Å². The number of nitrogens with one attached hydrogen (secondary N) is 1. The van der Waals surface area contributed by atoms with Crippen molar-refractivity contribution in [2.75, 3.05) is 13.1 Å². The van der Waals surface area contributed by atoms with Crippen LogP contribution in [-0.2, 0) is 10.0 Å². The molecule has 6 heteroatoms. The molecule has 4 nitrogen and oxygen atoms in total. The predicted molar refractivity (Wildman–Crippen MR) is 82.1 cm³/mol. The number of aryl methyl sites for hydroxylation is 1. The number of hydrogen-bond acceptors (Lipinski definition) is 3. The number of halogens is 1. The van der Waals surface area contributed by atoms with Crippen molar-refractivity contribution in [3.63, 3.8) is 0 Å². The van der Waals surface area contributed by atoms with Crippen LogP contribution in [0.4, 0.5) is 0 Å². The molecule has 20 heavy (non-hydrogen) atoms. The number of rotatable bonds is 2. The lowest BCUT2D eigenvalue weighted by atomic mass is 10.0. The Labute approximate surface area is 128 Å². The van der Waals surface area contributed by atoms with Crippen LogP contribution in [0.2, 0.25) is 0 Å². The fraction of sp³-hybridized carbons (Fsp3) is 0.571. The number of sulfonamides is 1. The maximum absolute atomic E-state index is 13.0. The van der Waals surface area contributed by atoms with Crippen LogP contribution in [0.25, 0.3) is 0 Å². The van der Waals surface area contributed by atoms with Gasteiger partial charge in [-0.15, -0.1) is 0 Å². The van der Waals surface area contributed by atoms with Crippen LogP contribution in [0.15, 0.2) is 27.6 Å². The fourth-order valence-electron chi connectivity index (χ4n) is 3.47. The molecular formula is C14H19BrN2O2S. The summed E-state index contributed by atoms with van der Waals surface area (Å²) >= 11 is 3.40. The van der Waals surface area contributed by atoms with Crippen molar-refractivity contribution >= 4 is 26.0 Å². The topological polar surface area (TPSA) is 49.4 Å². The number of nitrogens with zero attached hydrogens (tertiary/aromatic N) is 1. The van der Waals surface area contributed by atoms with E-state index < -0.39 is 10.0 Å². The number of fused-ring (bicyclic) bond motifs is 1. The molecule has 0 amide bonds. The van der Waals surface area contributed by atoms with Gasteiger partial charge in [0.15, 0.2) is 0 Å². The summed E-state index contributed by atoms with van der Waals surface area (Å²) in [4.78, 5) is 0.377. The van der Waals surface area contributed by atoms with E-state index >= 15 is 0 Å². The molecule has 0 saturated carbocycles. The highest BCUT2D eigenvalue weighted by atomic mass is 79.9. The zero-order chi connectivity index (χ0) is 14.5. The summed E-state index contributed by atoms with van der Waals surface area (Å²) in [7, 11) is -3.44. The summed E-state index contributed by atoms with van der Waals surface area (Å²) in [6.45, 7) is 5.66. The van der Waals surface area contributed by atoms with Gasteiger partial charge in [0.05, 0.1) is 4.90 Å². The van der Waals surface area contributed by atoms with Crippen molar-refractivity contribution in [1.29, 1.82) is 0 Å². The highest BCUT2D eigenvalue weighted by Gasteiger charge is 2.48.